The summed E-state index contributed by atoms with van der Waals surface area (Å²) in [4.78, 5) is 2.58. The quantitative estimate of drug-likeness (QED) is 0.775. The molecule has 1 aliphatic heterocycles. The second-order valence-corrected chi connectivity index (χ2v) is 4.81. The van der Waals surface area contributed by atoms with Gasteiger partial charge in [0.15, 0.2) is 0 Å². The number of para-hydroxylation sites is 1. The highest BCUT2D eigenvalue weighted by Gasteiger charge is 2.24. The summed E-state index contributed by atoms with van der Waals surface area (Å²) < 4.78 is 5.87. The van der Waals surface area contributed by atoms with Crippen molar-refractivity contribution in [2.45, 2.75) is 39.2 Å². The highest BCUT2D eigenvalue weighted by atomic mass is 16.5. The second kappa shape index (κ2) is 6.06. The van der Waals surface area contributed by atoms with Gasteiger partial charge in [0.25, 0.3) is 0 Å². The summed E-state index contributed by atoms with van der Waals surface area (Å²) in [5.41, 5.74) is 1.36. The minimum Gasteiger partial charge on any atom is -0.492 e. The van der Waals surface area contributed by atoms with Crippen molar-refractivity contribution < 1.29 is 4.74 Å². The molecular weight excluding hydrogens is 210 g/mol. The lowest BCUT2D eigenvalue weighted by atomic mass is 10.0. The highest BCUT2D eigenvalue weighted by Crippen LogP contribution is 2.26. The van der Waals surface area contributed by atoms with E-state index in [1.54, 1.807) is 0 Å². The molecule has 2 nitrogen and oxygen atoms in total. The summed E-state index contributed by atoms with van der Waals surface area (Å²) in [7, 11) is 0. The molecule has 1 aromatic rings. The number of fused-ring (bicyclic) bond motifs is 1. The van der Waals surface area contributed by atoms with Gasteiger partial charge < -0.3 is 4.74 Å². The topological polar surface area (TPSA) is 12.5 Å². The highest BCUT2D eigenvalue weighted by molar-refractivity contribution is 5.35. The number of benzene rings is 1. The Morgan fingerprint density at radius 2 is 1.88 bits per heavy atom. The van der Waals surface area contributed by atoms with Crippen LogP contribution in [0, 0.1) is 0 Å². The Labute approximate surface area is 105 Å². The van der Waals surface area contributed by atoms with Crippen molar-refractivity contribution in [3.63, 3.8) is 0 Å². The molecule has 0 bridgehead atoms. The summed E-state index contributed by atoms with van der Waals surface area (Å²) >= 11 is 0. The fraction of sp³-hybridized carbons (Fsp3) is 0.600. The summed E-state index contributed by atoms with van der Waals surface area (Å²) in [6.07, 6.45) is 3.58. The predicted octanol–water partition coefficient (Wildman–Crippen LogP) is 3.11. The van der Waals surface area contributed by atoms with E-state index in [4.69, 9.17) is 4.74 Å². The first kappa shape index (κ1) is 12.4. The molecular formula is C15H23NO. The number of rotatable bonds is 5. The first-order valence-corrected chi connectivity index (χ1v) is 6.80. The normalized spacial score (nSPS) is 18.9. The average molecular weight is 233 g/mol. The van der Waals surface area contributed by atoms with Gasteiger partial charge in [0, 0.05) is 6.04 Å². The summed E-state index contributed by atoms with van der Waals surface area (Å²) in [6, 6.07) is 8.99. The van der Waals surface area contributed by atoms with Gasteiger partial charge in [0.05, 0.1) is 0 Å². The molecule has 0 aromatic heterocycles. The molecule has 0 amide bonds. The summed E-state index contributed by atoms with van der Waals surface area (Å²) in [6.45, 7) is 7.71. The number of ether oxygens (including phenoxy) is 1. The van der Waals surface area contributed by atoms with Crippen molar-refractivity contribution in [3.05, 3.63) is 29.8 Å². The van der Waals surface area contributed by atoms with Crippen LogP contribution in [0.25, 0.3) is 0 Å². The molecule has 1 heterocycles. The molecule has 0 aliphatic carbocycles. The second-order valence-electron chi connectivity index (χ2n) is 4.81. The third kappa shape index (κ3) is 3.01. The minimum atomic E-state index is 0.560. The Morgan fingerprint density at radius 1 is 1.18 bits per heavy atom. The molecule has 1 atom stereocenters. The zero-order valence-corrected chi connectivity index (χ0v) is 11.0. The molecule has 2 heteroatoms. The third-order valence-electron chi connectivity index (χ3n) is 3.40. The van der Waals surface area contributed by atoms with Crippen molar-refractivity contribution in [3.8, 4) is 5.75 Å². The molecule has 0 N–H and O–H groups in total. The lowest BCUT2D eigenvalue weighted by molar-refractivity contribution is 0.119. The van der Waals surface area contributed by atoms with Crippen molar-refractivity contribution >= 4 is 0 Å². The Bertz CT molecular complexity index is 345. The van der Waals surface area contributed by atoms with Crippen LogP contribution >= 0.6 is 0 Å². The molecule has 17 heavy (non-hydrogen) atoms. The molecule has 1 aromatic carbocycles. The Balaban J connectivity index is 2.04. The van der Waals surface area contributed by atoms with Gasteiger partial charge in [0.2, 0.25) is 0 Å². The van der Waals surface area contributed by atoms with Gasteiger partial charge in [-0.2, -0.15) is 0 Å². The van der Waals surface area contributed by atoms with Crippen molar-refractivity contribution in [2.75, 3.05) is 19.7 Å². The van der Waals surface area contributed by atoms with E-state index < -0.39 is 0 Å². The smallest absolute Gasteiger partial charge is 0.122 e. The fourth-order valence-electron chi connectivity index (χ4n) is 2.60. The maximum atomic E-state index is 5.87. The Morgan fingerprint density at radius 3 is 2.59 bits per heavy atom. The molecule has 0 fully saturated rings. The van der Waals surface area contributed by atoms with E-state index in [9.17, 15) is 0 Å². The van der Waals surface area contributed by atoms with E-state index >= 15 is 0 Å². The van der Waals surface area contributed by atoms with Gasteiger partial charge in [-0.3, -0.25) is 4.90 Å². The summed E-state index contributed by atoms with van der Waals surface area (Å²) in [5, 5.41) is 0. The maximum absolute atomic E-state index is 5.87. The molecule has 0 saturated carbocycles. The van der Waals surface area contributed by atoms with E-state index in [1.165, 1.54) is 31.5 Å². The van der Waals surface area contributed by atoms with Crippen molar-refractivity contribution in [1.82, 2.24) is 4.90 Å². The molecule has 0 unspecified atom stereocenters. The van der Waals surface area contributed by atoms with Crippen LogP contribution in [0.5, 0.6) is 5.75 Å². The average Bonchev–Trinajstić information content (AvgIpc) is 2.38. The van der Waals surface area contributed by atoms with Gasteiger partial charge in [-0.1, -0.05) is 32.0 Å². The largest absolute Gasteiger partial charge is 0.492 e. The van der Waals surface area contributed by atoms with Crippen LogP contribution in [-0.4, -0.2) is 30.6 Å². The molecule has 94 valence electrons. The number of hydrogen-bond acceptors (Lipinski definition) is 2. The standard InChI is InChI=1S/C15H23NO/c1-3-9-16(10-4-2)14-11-13-7-5-6-8-15(13)17-12-14/h5-8,14H,3-4,9-12H2,1-2H3/t14-/m0/s1. The molecule has 0 radical (unpaired) electrons. The predicted molar refractivity (Wildman–Crippen MR) is 71.6 cm³/mol. The first-order chi connectivity index (χ1) is 8.35. The van der Waals surface area contributed by atoms with Crippen LogP contribution in [0.15, 0.2) is 24.3 Å². The zero-order valence-electron chi connectivity index (χ0n) is 11.0. The molecule has 0 spiro atoms. The van der Waals surface area contributed by atoms with Crippen LogP contribution < -0.4 is 4.74 Å². The summed E-state index contributed by atoms with van der Waals surface area (Å²) in [5.74, 6) is 1.08. The maximum Gasteiger partial charge on any atom is 0.122 e. The molecule has 0 saturated heterocycles. The Hall–Kier alpha value is -1.02. The van der Waals surface area contributed by atoms with Crippen LogP contribution in [0.3, 0.4) is 0 Å². The van der Waals surface area contributed by atoms with Crippen LogP contribution in [-0.2, 0) is 6.42 Å². The van der Waals surface area contributed by atoms with Crippen LogP contribution in [0.2, 0.25) is 0 Å². The van der Waals surface area contributed by atoms with Crippen LogP contribution in [0.1, 0.15) is 32.3 Å². The molecule has 1 aliphatic rings. The lowest BCUT2D eigenvalue weighted by Gasteiger charge is -2.34. The van der Waals surface area contributed by atoms with E-state index in [0.717, 1.165) is 18.8 Å². The van der Waals surface area contributed by atoms with E-state index in [-0.39, 0.29) is 0 Å². The van der Waals surface area contributed by atoms with Gasteiger partial charge in [-0.15, -0.1) is 0 Å². The minimum absolute atomic E-state index is 0.560. The number of nitrogens with zero attached hydrogens (tertiary/aromatic N) is 1. The zero-order chi connectivity index (χ0) is 12.1. The van der Waals surface area contributed by atoms with E-state index in [1.807, 2.05) is 0 Å². The van der Waals surface area contributed by atoms with E-state index in [2.05, 4.69) is 43.0 Å². The van der Waals surface area contributed by atoms with Gasteiger partial charge >= 0.3 is 0 Å². The molecule has 2 rings (SSSR count). The van der Waals surface area contributed by atoms with E-state index in [0.29, 0.717) is 6.04 Å². The SMILES string of the molecule is CCCN(CCC)[C@@H]1COc2ccccc2C1. The first-order valence-electron chi connectivity index (χ1n) is 6.80. The van der Waals surface area contributed by atoms with Crippen molar-refractivity contribution in [2.24, 2.45) is 0 Å². The fourth-order valence-corrected chi connectivity index (χ4v) is 2.60. The van der Waals surface area contributed by atoms with Gasteiger partial charge in [-0.25, -0.2) is 0 Å². The third-order valence-corrected chi connectivity index (χ3v) is 3.40. The lowest BCUT2D eigenvalue weighted by Crippen LogP contribution is -2.43. The van der Waals surface area contributed by atoms with Crippen LogP contribution in [0.4, 0.5) is 0 Å². The number of hydrogen-bond donors (Lipinski definition) is 0. The monoisotopic (exact) mass is 233 g/mol. The van der Waals surface area contributed by atoms with Gasteiger partial charge in [-0.05, 0) is 44.0 Å². The van der Waals surface area contributed by atoms with Gasteiger partial charge in [0.1, 0.15) is 12.4 Å². The van der Waals surface area contributed by atoms with Crippen molar-refractivity contribution in [1.29, 1.82) is 0 Å². The Kier molecular flexibility index (Phi) is 4.43.